The fourth-order valence-corrected chi connectivity index (χ4v) is 1.41. The van der Waals surface area contributed by atoms with Gasteiger partial charge in [0.15, 0.2) is 0 Å². The lowest BCUT2D eigenvalue weighted by Crippen LogP contribution is -2.25. The average Bonchev–Trinajstić information content (AvgIpc) is 2.24. The zero-order valence-electron chi connectivity index (χ0n) is 9.36. The van der Waals surface area contributed by atoms with Crippen LogP contribution >= 0.6 is 0 Å². The first-order valence-corrected chi connectivity index (χ1v) is 5.42. The Hall–Kier alpha value is -0.970. The highest BCUT2D eigenvalue weighted by atomic mass is 19.1. The summed E-state index contributed by atoms with van der Waals surface area (Å²) < 4.78 is 13.2. The van der Waals surface area contributed by atoms with Gasteiger partial charge in [0.25, 0.3) is 0 Å². The van der Waals surface area contributed by atoms with E-state index in [-0.39, 0.29) is 12.6 Å². The van der Waals surface area contributed by atoms with Gasteiger partial charge < -0.3 is 15.5 Å². The molecule has 4 heteroatoms. The van der Waals surface area contributed by atoms with Gasteiger partial charge in [-0.1, -0.05) is 18.2 Å². The molecule has 3 N–H and O–H groups in total. The van der Waals surface area contributed by atoms with Gasteiger partial charge in [0.2, 0.25) is 0 Å². The fraction of sp³-hybridized carbons (Fsp3) is 0.500. The molecule has 0 aliphatic rings. The van der Waals surface area contributed by atoms with Crippen molar-refractivity contribution in [3.63, 3.8) is 0 Å². The standard InChI is InChI=1S/C12H18FNO2/c1-9(15)6-7-14-8-12(16)10-4-2-3-5-11(10)13/h2-5,9,12,14-16H,6-8H2,1H3. The van der Waals surface area contributed by atoms with E-state index in [0.29, 0.717) is 18.5 Å². The summed E-state index contributed by atoms with van der Waals surface area (Å²) in [5.74, 6) is -0.396. The number of hydrogen-bond acceptors (Lipinski definition) is 3. The molecule has 0 fully saturated rings. The number of nitrogens with one attached hydrogen (secondary N) is 1. The van der Waals surface area contributed by atoms with Crippen LogP contribution in [-0.4, -0.2) is 29.4 Å². The van der Waals surface area contributed by atoms with E-state index in [9.17, 15) is 9.50 Å². The minimum absolute atomic E-state index is 0.285. The van der Waals surface area contributed by atoms with Crippen molar-refractivity contribution >= 4 is 0 Å². The van der Waals surface area contributed by atoms with Crippen LogP contribution in [0.5, 0.6) is 0 Å². The maximum absolute atomic E-state index is 13.2. The Balaban J connectivity index is 2.35. The lowest BCUT2D eigenvalue weighted by atomic mass is 10.1. The number of aliphatic hydroxyl groups is 2. The summed E-state index contributed by atoms with van der Waals surface area (Å²) >= 11 is 0. The first kappa shape index (κ1) is 13.1. The minimum Gasteiger partial charge on any atom is -0.393 e. The molecule has 0 saturated carbocycles. The number of hydrogen-bond donors (Lipinski definition) is 3. The van der Waals surface area contributed by atoms with E-state index in [0.717, 1.165) is 0 Å². The molecule has 0 heterocycles. The maximum atomic E-state index is 13.2. The first-order valence-electron chi connectivity index (χ1n) is 5.42. The molecule has 1 aromatic rings. The van der Waals surface area contributed by atoms with Gasteiger partial charge >= 0.3 is 0 Å². The summed E-state index contributed by atoms with van der Waals surface area (Å²) in [5.41, 5.74) is 0.298. The van der Waals surface area contributed by atoms with Crippen molar-refractivity contribution in [2.45, 2.75) is 25.6 Å². The fourth-order valence-electron chi connectivity index (χ4n) is 1.41. The van der Waals surface area contributed by atoms with Crippen LogP contribution in [0.1, 0.15) is 25.0 Å². The monoisotopic (exact) mass is 227 g/mol. The van der Waals surface area contributed by atoms with Crippen molar-refractivity contribution in [3.8, 4) is 0 Å². The molecule has 2 unspecified atom stereocenters. The summed E-state index contributed by atoms with van der Waals surface area (Å²) in [6.07, 6.45) is -0.599. The first-order chi connectivity index (χ1) is 7.61. The number of aliphatic hydroxyl groups excluding tert-OH is 2. The van der Waals surface area contributed by atoms with Gasteiger partial charge in [-0.05, 0) is 26.0 Å². The van der Waals surface area contributed by atoms with Crippen molar-refractivity contribution in [3.05, 3.63) is 35.6 Å². The van der Waals surface area contributed by atoms with E-state index in [1.807, 2.05) is 0 Å². The van der Waals surface area contributed by atoms with E-state index >= 15 is 0 Å². The molecule has 0 spiro atoms. The van der Waals surface area contributed by atoms with Gasteiger partial charge in [-0.2, -0.15) is 0 Å². The molecule has 1 rings (SSSR count). The van der Waals surface area contributed by atoms with Gasteiger partial charge in [-0.15, -0.1) is 0 Å². The minimum atomic E-state index is -0.852. The average molecular weight is 227 g/mol. The third-order valence-corrected chi connectivity index (χ3v) is 2.34. The Morgan fingerprint density at radius 3 is 2.62 bits per heavy atom. The zero-order valence-corrected chi connectivity index (χ0v) is 9.36. The van der Waals surface area contributed by atoms with E-state index < -0.39 is 11.9 Å². The lowest BCUT2D eigenvalue weighted by molar-refractivity contribution is 0.159. The Kier molecular flexibility index (Phi) is 5.38. The van der Waals surface area contributed by atoms with Crippen molar-refractivity contribution in [2.75, 3.05) is 13.1 Å². The second-order valence-electron chi connectivity index (χ2n) is 3.88. The van der Waals surface area contributed by atoms with Crippen LogP contribution in [0.15, 0.2) is 24.3 Å². The van der Waals surface area contributed by atoms with E-state index in [1.165, 1.54) is 6.07 Å². The van der Waals surface area contributed by atoms with Crippen molar-refractivity contribution < 1.29 is 14.6 Å². The summed E-state index contributed by atoms with van der Waals surface area (Å²) in [6, 6.07) is 6.18. The lowest BCUT2D eigenvalue weighted by Gasteiger charge is -2.13. The van der Waals surface area contributed by atoms with Crippen molar-refractivity contribution in [1.82, 2.24) is 5.32 Å². The van der Waals surface area contributed by atoms with E-state index in [1.54, 1.807) is 25.1 Å². The molecule has 0 aliphatic carbocycles. The van der Waals surface area contributed by atoms with Crippen LogP contribution in [0.25, 0.3) is 0 Å². The third kappa shape index (κ3) is 4.26. The second-order valence-corrected chi connectivity index (χ2v) is 3.88. The Morgan fingerprint density at radius 1 is 1.31 bits per heavy atom. The van der Waals surface area contributed by atoms with Crippen LogP contribution in [0, 0.1) is 5.82 Å². The Bertz CT molecular complexity index is 318. The van der Waals surface area contributed by atoms with Crippen LogP contribution in [0.4, 0.5) is 4.39 Å². The van der Waals surface area contributed by atoms with Gasteiger partial charge in [0.05, 0.1) is 12.2 Å². The summed E-state index contributed by atoms with van der Waals surface area (Å²) in [6.45, 7) is 2.59. The molecule has 0 amide bonds. The molecule has 0 bridgehead atoms. The van der Waals surface area contributed by atoms with Gasteiger partial charge in [0, 0.05) is 12.1 Å². The molecule has 0 aliphatic heterocycles. The summed E-state index contributed by atoms with van der Waals surface area (Å²) in [5, 5.41) is 21.7. The topological polar surface area (TPSA) is 52.5 Å². The van der Waals surface area contributed by atoms with Gasteiger partial charge in [-0.25, -0.2) is 4.39 Å². The molecular weight excluding hydrogens is 209 g/mol. The van der Waals surface area contributed by atoms with Gasteiger partial charge in [-0.3, -0.25) is 0 Å². The predicted molar refractivity (Wildman–Crippen MR) is 60.5 cm³/mol. The normalized spacial score (nSPS) is 14.8. The molecule has 2 atom stereocenters. The molecular formula is C12H18FNO2. The summed E-state index contributed by atoms with van der Waals surface area (Å²) in [4.78, 5) is 0. The third-order valence-electron chi connectivity index (χ3n) is 2.34. The smallest absolute Gasteiger partial charge is 0.129 e. The number of rotatable bonds is 6. The van der Waals surface area contributed by atoms with Crippen molar-refractivity contribution in [1.29, 1.82) is 0 Å². The molecule has 0 aromatic heterocycles. The molecule has 3 nitrogen and oxygen atoms in total. The highest BCUT2D eigenvalue weighted by molar-refractivity contribution is 5.19. The van der Waals surface area contributed by atoms with E-state index in [4.69, 9.17) is 5.11 Å². The maximum Gasteiger partial charge on any atom is 0.129 e. The highest BCUT2D eigenvalue weighted by Crippen LogP contribution is 2.15. The molecule has 90 valence electrons. The number of benzene rings is 1. The highest BCUT2D eigenvalue weighted by Gasteiger charge is 2.11. The van der Waals surface area contributed by atoms with Gasteiger partial charge in [0.1, 0.15) is 5.82 Å². The quantitative estimate of drug-likeness (QED) is 0.640. The SMILES string of the molecule is CC(O)CCNCC(O)c1ccccc1F. The Labute approximate surface area is 94.9 Å². The molecule has 0 saturated heterocycles. The second kappa shape index (κ2) is 6.58. The van der Waals surface area contributed by atoms with Crippen LogP contribution in [0.3, 0.4) is 0 Å². The van der Waals surface area contributed by atoms with Crippen LogP contribution in [0.2, 0.25) is 0 Å². The molecule has 0 radical (unpaired) electrons. The number of halogens is 1. The zero-order chi connectivity index (χ0) is 12.0. The molecule has 16 heavy (non-hydrogen) atoms. The predicted octanol–water partition coefficient (Wildman–Crippen LogP) is 1.22. The summed E-state index contributed by atoms with van der Waals surface area (Å²) in [7, 11) is 0. The van der Waals surface area contributed by atoms with E-state index in [2.05, 4.69) is 5.32 Å². The molecule has 1 aromatic carbocycles. The largest absolute Gasteiger partial charge is 0.393 e. The van der Waals surface area contributed by atoms with Crippen LogP contribution < -0.4 is 5.32 Å². The Morgan fingerprint density at radius 2 is 2.00 bits per heavy atom. The van der Waals surface area contributed by atoms with Crippen molar-refractivity contribution in [2.24, 2.45) is 0 Å². The van der Waals surface area contributed by atoms with Crippen LogP contribution in [-0.2, 0) is 0 Å².